The molecule has 1 amide bonds. The van der Waals surface area contributed by atoms with Crippen LogP contribution in [0.5, 0.6) is 0 Å². The molecular formula is C12H22ClNO2. The van der Waals surface area contributed by atoms with Crippen LogP contribution in [0, 0.1) is 5.92 Å². The summed E-state index contributed by atoms with van der Waals surface area (Å²) in [5, 5.41) is 3.20. The summed E-state index contributed by atoms with van der Waals surface area (Å²) >= 11 is 6.09. The summed E-state index contributed by atoms with van der Waals surface area (Å²) in [6.07, 6.45) is 4.59. The van der Waals surface area contributed by atoms with E-state index in [4.69, 9.17) is 16.3 Å². The maximum Gasteiger partial charge on any atom is 0.246 e. The highest BCUT2D eigenvalue weighted by Crippen LogP contribution is 2.27. The van der Waals surface area contributed by atoms with Gasteiger partial charge in [-0.05, 0) is 39.0 Å². The molecule has 0 bridgehead atoms. The largest absolute Gasteiger partial charge is 0.369 e. The molecule has 1 N–H and O–H groups in total. The first-order chi connectivity index (χ1) is 7.58. The Balaban J connectivity index is 2.11. The standard InChI is InChI=1S/C12H22ClNO2/c1-9(2)16-8-12(15)14-7-10-4-3-5-11(13)6-10/h9-11H,3-8H2,1-2H3,(H,14,15). The van der Waals surface area contributed by atoms with Gasteiger partial charge in [0.25, 0.3) is 0 Å². The summed E-state index contributed by atoms with van der Waals surface area (Å²) in [6, 6.07) is 0. The molecule has 1 fully saturated rings. The molecule has 1 rings (SSSR count). The van der Waals surface area contributed by atoms with Crippen molar-refractivity contribution in [2.24, 2.45) is 5.92 Å². The average Bonchev–Trinajstić information content (AvgIpc) is 2.23. The first-order valence-electron chi connectivity index (χ1n) is 6.10. The van der Waals surface area contributed by atoms with Crippen LogP contribution in [-0.2, 0) is 9.53 Å². The number of halogens is 1. The lowest BCUT2D eigenvalue weighted by Crippen LogP contribution is -2.34. The fourth-order valence-electron chi connectivity index (χ4n) is 1.96. The molecule has 0 heterocycles. The number of carbonyl (C=O) groups is 1. The minimum atomic E-state index is -0.0228. The third-order valence-corrected chi connectivity index (χ3v) is 3.25. The Morgan fingerprint density at radius 2 is 2.25 bits per heavy atom. The van der Waals surface area contributed by atoms with Crippen LogP contribution in [0.2, 0.25) is 0 Å². The Kier molecular flexibility index (Phi) is 6.14. The van der Waals surface area contributed by atoms with E-state index < -0.39 is 0 Å². The van der Waals surface area contributed by atoms with E-state index in [0.717, 1.165) is 19.4 Å². The predicted molar refractivity (Wildman–Crippen MR) is 65.7 cm³/mol. The van der Waals surface area contributed by atoms with Crippen LogP contribution in [0.4, 0.5) is 0 Å². The molecule has 0 spiro atoms. The first kappa shape index (κ1) is 13.8. The molecule has 0 aromatic carbocycles. The molecule has 0 aliphatic heterocycles. The van der Waals surface area contributed by atoms with Crippen LogP contribution < -0.4 is 5.32 Å². The number of rotatable bonds is 5. The Bertz CT molecular complexity index is 221. The number of carbonyl (C=O) groups excluding carboxylic acids is 1. The monoisotopic (exact) mass is 247 g/mol. The minimum absolute atomic E-state index is 0.0228. The van der Waals surface area contributed by atoms with Crippen molar-refractivity contribution in [1.82, 2.24) is 5.32 Å². The molecule has 0 radical (unpaired) electrons. The van der Waals surface area contributed by atoms with Crippen molar-refractivity contribution in [3.8, 4) is 0 Å². The smallest absolute Gasteiger partial charge is 0.246 e. The van der Waals surface area contributed by atoms with Crippen molar-refractivity contribution < 1.29 is 9.53 Å². The molecule has 1 aliphatic carbocycles. The fraction of sp³-hybridized carbons (Fsp3) is 0.917. The van der Waals surface area contributed by atoms with Gasteiger partial charge in [0, 0.05) is 11.9 Å². The summed E-state index contributed by atoms with van der Waals surface area (Å²) in [6.45, 7) is 4.75. The lowest BCUT2D eigenvalue weighted by molar-refractivity contribution is -0.127. The van der Waals surface area contributed by atoms with Gasteiger partial charge in [0.05, 0.1) is 6.10 Å². The predicted octanol–water partition coefficient (Wildman–Crippen LogP) is 2.33. The summed E-state index contributed by atoms with van der Waals surface area (Å²) in [7, 11) is 0. The summed E-state index contributed by atoms with van der Waals surface area (Å²) in [5.41, 5.74) is 0. The van der Waals surface area contributed by atoms with E-state index in [-0.39, 0.29) is 18.6 Å². The van der Waals surface area contributed by atoms with Gasteiger partial charge in [-0.25, -0.2) is 0 Å². The summed E-state index contributed by atoms with van der Waals surface area (Å²) < 4.78 is 5.23. The summed E-state index contributed by atoms with van der Waals surface area (Å²) in [5.74, 6) is 0.518. The molecule has 3 nitrogen and oxygen atoms in total. The second-order valence-electron chi connectivity index (χ2n) is 4.79. The number of ether oxygens (including phenoxy) is 1. The van der Waals surface area contributed by atoms with Gasteiger partial charge in [-0.1, -0.05) is 6.42 Å². The molecule has 1 saturated carbocycles. The Morgan fingerprint density at radius 1 is 1.50 bits per heavy atom. The number of nitrogens with one attached hydrogen (secondary N) is 1. The molecule has 16 heavy (non-hydrogen) atoms. The van der Waals surface area contributed by atoms with Crippen LogP contribution in [0.1, 0.15) is 39.5 Å². The third-order valence-electron chi connectivity index (χ3n) is 2.85. The maximum absolute atomic E-state index is 11.4. The maximum atomic E-state index is 11.4. The SMILES string of the molecule is CC(C)OCC(=O)NCC1CCCC(Cl)C1. The van der Waals surface area contributed by atoms with Crippen LogP contribution in [0.3, 0.4) is 0 Å². The van der Waals surface area contributed by atoms with Gasteiger partial charge >= 0.3 is 0 Å². The van der Waals surface area contributed by atoms with Crippen molar-refractivity contribution in [1.29, 1.82) is 0 Å². The molecule has 94 valence electrons. The van der Waals surface area contributed by atoms with Gasteiger partial charge < -0.3 is 10.1 Å². The number of hydrogen-bond donors (Lipinski definition) is 1. The quantitative estimate of drug-likeness (QED) is 0.758. The van der Waals surface area contributed by atoms with Crippen LogP contribution in [-0.4, -0.2) is 30.5 Å². The van der Waals surface area contributed by atoms with Crippen molar-refractivity contribution in [2.45, 2.75) is 51.0 Å². The Hall–Kier alpha value is -0.280. The van der Waals surface area contributed by atoms with E-state index in [0.29, 0.717) is 11.3 Å². The zero-order chi connectivity index (χ0) is 12.0. The molecule has 4 heteroatoms. The fourth-order valence-corrected chi connectivity index (χ4v) is 2.37. The highest BCUT2D eigenvalue weighted by atomic mass is 35.5. The lowest BCUT2D eigenvalue weighted by atomic mass is 9.89. The van der Waals surface area contributed by atoms with Crippen LogP contribution >= 0.6 is 11.6 Å². The molecule has 2 unspecified atom stereocenters. The molecular weight excluding hydrogens is 226 g/mol. The van der Waals surface area contributed by atoms with Gasteiger partial charge in [-0.2, -0.15) is 0 Å². The first-order valence-corrected chi connectivity index (χ1v) is 6.54. The molecule has 0 aromatic heterocycles. The molecule has 1 aliphatic rings. The topological polar surface area (TPSA) is 38.3 Å². The van der Waals surface area contributed by atoms with Crippen molar-refractivity contribution in [2.75, 3.05) is 13.2 Å². The number of amides is 1. The van der Waals surface area contributed by atoms with Gasteiger partial charge in [-0.15, -0.1) is 11.6 Å². The molecule has 2 atom stereocenters. The third kappa shape index (κ3) is 5.71. The van der Waals surface area contributed by atoms with Crippen molar-refractivity contribution in [3.63, 3.8) is 0 Å². The average molecular weight is 248 g/mol. The Labute approximate surface area is 103 Å². The minimum Gasteiger partial charge on any atom is -0.369 e. The zero-order valence-corrected chi connectivity index (χ0v) is 10.9. The molecule has 0 aromatic rings. The van der Waals surface area contributed by atoms with Gasteiger partial charge in [-0.3, -0.25) is 4.79 Å². The van der Waals surface area contributed by atoms with E-state index in [1.54, 1.807) is 0 Å². The summed E-state index contributed by atoms with van der Waals surface area (Å²) in [4.78, 5) is 11.4. The van der Waals surface area contributed by atoms with E-state index in [9.17, 15) is 4.79 Å². The lowest BCUT2D eigenvalue weighted by Gasteiger charge is -2.25. The van der Waals surface area contributed by atoms with Crippen LogP contribution in [0.25, 0.3) is 0 Å². The number of alkyl halides is 1. The van der Waals surface area contributed by atoms with Crippen molar-refractivity contribution in [3.05, 3.63) is 0 Å². The second kappa shape index (κ2) is 7.13. The van der Waals surface area contributed by atoms with Gasteiger partial charge in [0.1, 0.15) is 6.61 Å². The molecule has 0 saturated heterocycles. The van der Waals surface area contributed by atoms with Gasteiger partial charge in [0.2, 0.25) is 5.91 Å². The highest BCUT2D eigenvalue weighted by Gasteiger charge is 2.20. The van der Waals surface area contributed by atoms with Crippen LogP contribution in [0.15, 0.2) is 0 Å². The second-order valence-corrected chi connectivity index (χ2v) is 5.41. The van der Waals surface area contributed by atoms with Crippen molar-refractivity contribution >= 4 is 17.5 Å². The van der Waals surface area contributed by atoms with E-state index in [1.807, 2.05) is 13.8 Å². The highest BCUT2D eigenvalue weighted by molar-refractivity contribution is 6.20. The number of hydrogen-bond acceptors (Lipinski definition) is 2. The Morgan fingerprint density at radius 3 is 2.88 bits per heavy atom. The van der Waals surface area contributed by atoms with E-state index in [2.05, 4.69) is 5.32 Å². The van der Waals surface area contributed by atoms with E-state index >= 15 is 0 Å². The van der Waals surface area contributed by atoms with E-state index in [1.165, 1.54) is 12.8 Å². The zero-order valence-electron chi connectivity index (χ0n) is 10.2. The normalized spacial score (nSPS) is 25.8. The van der Waals surface area contributed by atoms with Gasteiger partial charge in [0.15, 0.2) is 0 Å².